The van der Waals surface area contributed by atoms with Gasteiger partial charge in [0.1, 0.15) is 0 Å². The molecule has 0 fully saturated rings. The predicted octanol–water partition coefficient (Wildman–Crippen LogP) is 4.07. The zero-order valence-electron chi connectivity index (χ0n) is 14.2. The van der Waals surface area contributed by atoms with Crippen LogP contribution in [0.1, 0.15) is 58.5 Å². The average Bonchev–Trinajstić information content (AvgIpc) is 2.77. The van der Waals surface area contributed by atoms with Crippen molar-refractivity contribution in [3.63, 3.8) is 0 Å². The Morgan fingerprint density at radius 2 is 1.85 bits per heavy atom. The second-order valence-electron chi connectivity index (χ2n) is 6.34. The molecule has 0 aliphatic heterocycles. The molecule has 116 valence electrons. The van der Waals surface area contributed by atoms with Crippen LogP contribution in [0.4, 0.5) is 5.13 Å². The smallest absolute Gasteiger partial charge is 0.185 e. The molecule has 1 unspecified atom stereocenters. The summed E-state index contributed by atoms with van der Waals surface area (Å²) in [5, 5.41) is 4.66. The number of nitrogens with zero attached hydrogens (tertiary/aromatic N) is 2. The number of rotatable bonds is 8. The SMILES string of the molecule is CCc1nc(N(C)C(C)CC(C)C)sc1CNC(C)C. The summed E-state index contributed by atoms with van der Waals surface area (Å²) in [7, 11) is 2.17. The van der Waals surface area contributed by atoms with Crippen molar-refractivity contribution in [2.24, 2.45) is 5.92 Å². The van der Waals surface area contributed by atoms with Gasteiger partial charge in [0.05, 0.1) is 5.69 Å². The van der Waals surface area contributed by atoms with Crippen LogP contribution in [0.15, 0.2) is 0 Å². The fourth-order valence-corrected chi connectivity index (χ4v) is 3.42. The molecule has 1 heterocycles. The standard InChI is InChI=1S/C16H31N3S/c1-8-14-15(10-17-12(4)5)20-16(18-14)19(7)13(6)9-11(2)3/h11-13,17H,8-10H2,1-7H3. The van der Waals surface area contributed by atoms with Gasteiger partial charge in [-0.3, -0.25) is 0 Å². The molecule has 1 aromatic heterocycles. The number of anilines is 1. The van der Waals surface area contributed by atoms with Gasteiger partial charge in [0.2, 0.25) is 0 Å². The Hall–Kier alpha value is -0.610. The molecule has 0 saturated heterocycles. The first-order valence-corrected chi connectivity index (χ1v) is 8.61. The Morgan fingerprint density at radius 1 is 1.20 bits per heavy atom. The van der Waals surface area contributed by atoms with Crippen molar-refractivity contribution in [1.29, 1.82) is 0 Å². The maximum Gasteiger partial charge on any atom is 0.185 e. The van der Waals surface area contributed by atoms with E-state index in [2.05, 4.69) is 58.8 Å². The van der Waals surface area contributed by atoms with Crippen LogP contribution in [0.2, 0.25) is 0 Å². The third-order valence-corrected chi connectivity index (χ3v) is 4.74. The van der Waals surface area contributed by atoms with E-state index in [9.17, 15) is 0 Å². The maximum atomic E-state index is 4.84. The molecule has 0 aliphatic carbocycles. The van der Waals surface area contributed by atoms with Crippen LogP contribution >= 0.6 is 11.3 Å². The van der Waals surface area contributed by atoms with Crippen molar-refractivity contribution in [3.05, 3.63) is 10.6 Å². The molecule has 4 heteroatoms. The van der Waals surface area contributed by atoms with E-state index in [1.165, 1.54) is 17.0 Å². The third kappa shape index (κ3) is 5.06. The van der Waals surface area contributed by atoms with E-state index in [4.69, 9.17) is 4.98 Å². The highest BCUT2D eigenvalue weighted by Crippen LogP contribution is 2.28. The molecule has 1 atom stereocenters. The van der Waals surface area contributed by atoms with Gasteiger partial charge in [-0.25, -0.2) is 4.98 Å². The summed E-state index contributed by atoms with van der Waals surface area (Å²) in [4.78, 5) is 8.56. The zero-order valence-corrected chi connectivity index (χ0v) is 15.0. The van der Waals surface area contributed by atoms with Crippen LogP contribution < -0.4 is 10.2 Å². The third-order valence-electron chi connectivity index (χ3n) is 3.55. The van der Waals surface area contributed by atoms with E-state index in [1.54, 1.807) is 0 Å². The van der Waals surface area contributed by atoms with Gasteiger partial charge in [-0.05, 0) is 25.7 Å². The Bertz CT molecular complexity index is 398. The molecule has 0 radical (unpaired) electrons. The topological polar surface area (TPSA) is 28.2 Å². The number of nitrogens with one attached hydrogen (secondary N) is 1. The van der Waals surface area contributed by atoms with Crippen LogP contribution in [-0.2, 0) is 13.0 Å². The Labute approximate surface area is 128 Å². The Kier molecular flexibility index (Phi) is 6.96. The summed E-state index contributed by atoms with van der Waals surface area (Å²) in [6.45, 7) is 14.3. The molecule has 0 aromatic carbocycles. The fourth-order valence-electron chi connectivity index (χ4n) is 2.26. The van der Waals surface area contributed by atoms with Crippen molar-refractivity contribution in [2.45, 2.75) is 73.0 Å². The maximum absolute atomic E-state index is 4.84. The van der Waals surface area contributed by atoms with Crippen molar-refractivity contribution in [1.82, 2.24) is 10.3 Å². The lowest BCUT2D eigenvalue weighted by atomic mass is 10.0. The lowest BCUT2D eigenvalue weighted by Crippen LogP contribution is -2.29. The second-order valence-corrected chi connectivity index (χ2v) is 7.41. The summed E-state index contributed by atoms with van der Waals surface area (Å²) in [6.07, 6.45) is 2.22. The molecule has 0 amide bonds. The molecular formula is C16H31N3S. The molecule has 0 bridgehead atoms. The Morgan fingerprint density at radius 3 is 2.35 bits per heavy atom. The highest BCUT2D eigenvalue weighted by atomic mass is 32.1. The average molecular weight is 298 g/mol. The van der Waals surface area contributed by atoms with Crippen LogP contribution in [0, 0.1) is 5.92 Å². The lowest BCUT2D eigenvalue weighted by molar-refractivity contribution is 0.503. The highest BCUT2D eigenvalue weighted by molar-refractivity contribution is 7.15. The van der Waals surface area contributed by atoms with E-state index in [-0.39, 0.29) is 0 Å². The predicted molar refractivity (Wildman–Crippen MR) is 90.8 cm³/mol. The minimum Gasteiger partial charge on any atom is -0.348 e. The summed E-state index contributed by atoms with van der Waals surface area (Å²) >= 11 is 1.84. The van der Waals surface area contributed by atoms with Gasteiger partial charge in [-0.1, -0.05) is 34.6 Å². The first-order chi connectivity index (χ1) is 9.35. The first-order valence-electron chi connectivity index (χ1n) is 7.79. The fraction of sp³-hybridized carbons (Fsp3) is 0.812. The first kappa shape index (κ1) is 17.4. The van der Waals surface area contributed by atoms with E-state index < -0.39 is 0 Å². The highest BCUT2D eigenvalue weighted by Gasteiger charge is 2.17. The molecule has 0 saturated carbocycles. The van der Waals surface area contributed by atoms with Crippen LogP contribution in [0.25, 0.3) is 0 Å². The monoisotopic (exact) mass is 297 g/mol. The van der Waals surface area contributed by atoms with Crippen molar-refractivity contribution < 1.29 is 0 Å². The molecule has 0 aliphatic rings. The minimum absolute atomic E-state index is 0.517. The zero-order chi connectivity index (χ0) is 15.3. The van der Waals surface area contributed by atoms with Gasteiger partial charge >= 0.3 is 0 Å². The molecule has 20 heavy (non-hydrogen) atoms. The van der Waals surface area contributed by atoms with Crippen LogP contribution in [-0.4, -0.2) is 24.1 Å². The normalized spacial score (nSPS) is 13.2. The van der Waals surface area contributed by atoms with E-state index in [0.717, 1.165) is 24.0 Å². The van der Waals surface area contributed by atoms with Gasteiger partial charge < -0.3 is 10.2 Å². The van der Waals surface area contributed by atoms with Crippen LogP contribution in [0.3, 0.4) is 0 Å². The number of thiazole rings is 1. The molecule has 3 nitrogen and oxygen atoms in total. The number of aromatic nitrogens is 1. The number of hydrogen-bond acceptors (Lipinski definition) is 4. The van der Waals surface area contributed by atoms with Gasteiger partial charge in [0.15, 0.2) is 5.13 Å². The van der Waals surface area contributed by atoms with Gasteiger partial charge in [0.25, 0.3) is 0 Å². The summed E-state index contributed by atoms with van der Waals surface area (Å²) in [6, 6.07) is 1.06. The van der Waals surface area contributed by atoms with E-state index >= 15 is 0 Å². The molecule has 1 aromatic rings. The van der Waals surface area contributed by atoms with Gasteiger partial charge in [0, 0.05) is 30.6 Å². The van der Waals surface area contributed by atoms with Crippen molar-refractivity contribution in [3.8, 4) is 0 Å². The number of hydrogen-bond donors (Lipinski definition) is 1. The summed E-state index contributed by atoms with van der Waals surface area (Å²) in [5.41, 5.74) is 1.25. The quantitative estimate of drug-likeness (QED) is 0.784. The minimum atomic E-state index is 0.517. The Balaban J connectivity index is 2.80. The van der Waals surface area contributed by atoms with Gasteiger partial charge in [-0.15, -0.1) is 11.3 Å². The van der Waals surface area contributed by atoms with Crippen molar-refractivity contribution >= 4 is 16.5 Å². The number of aryl methyl sites for hydroxylation is 1. The largest absolute Gasteiger partial charge is 0.348 e. The van der Waals surface area contributed by atoms with Crippen molar-refractivity contribution in [2.75, 3.05) is 11.9 Å². The van der Waals surface area contributed by atoms with Gasteiger partial charge in [-0.2, -0.15) is 0 Å². The summed E-state index contributed by atoms with van der Waals surface area (Å²) < 4.78 is 0. The molecule has 1 N–H and O–H groups in total. The van der Waals surface area contributed by atoms with Crippen LogP contribution in [0.5, 0.6) is 0 Å². The second kappa shape index (κ2) is 7.99. The van der Waals surface area contributed by atoms with E-state index in [0.29, 0.717) is 12.1 Å². The molecule has 0 spiro atoms. The molecule has 1 rings (SSSR count). The molecular weight excluding hydrogens is 266 g/mol. The summed E-state index contributed by atoms with van der Waals surface area (Å²) in [5.74, 6) is 0.722. The van der Waals surface area contributed by atoms with E-state index in [1.807, 2.05) is 11.3 Å². The lowest BCUT2D eigenvalue weighted by Gasteiger charge is -2.25.